The molecule has 3 heterocycles. The van der Waals surface area contributed by atoms with Crippen LogP contribution >= 0.6 is 0 Å². The monoisotopic (exact) mass is 318 g/mol. The Morgan fingerprint density at radius 3 is 2.87 bits per heavy atom. The summed E-state index contributed by atoms with van der Waals surface area (Å²) < 4.78 is 21.4. The third kappa shape index (κ3) is 2.83. The highest BCUT2D eigenvalue weighted by Crippen LogP contribution is 2.19. The van der Waals surface area contributed by atoms with Gasteiger partial charge in [0, 0.05) is 12.0 Å². The Bertz CT molecular complexity index is 868. The molecule has 0 aliphatic rings. The molecular formula is C15H14N2O6. The first-order valence-corrected chi connectivity index (χ1v) is 6.94. The van der Waals surface area contributed by atoms with Gasteiger partial charge >= 0.3 is 11.7 Å². The molecule has 0 unspecified atom stereocenters. The zero-order valence-corrected chi connectivity index (χ0v) is 12.6. The van der Waals surface area contributed by atoms with Crippen molar-refractivity contribution in [2.45, 2.75) is 19.9 Å². The average molecular weight is 318 g/mol. The van der Waals surface area contributed by atoms with E-state index in [4.69, 9.17) is 13.3 Å². The van der Waals surface area contributed by atoms with Crippen LogP contribution in [0.4, 0.5) is 0 Å². The summed E-state index contributed by atoms with van der Waals surface area (Å²) in [7, 11) is 1.27. The number of aryl methyl sites for hydroxylation is 1. The first-order valence-electron chi connectivity index (χ1n) is 6.94. The molecule has 8 nitrogen and oxygen atoms in total. The zero-order valence-electron chi connectivity index (χ0n) is 12.6. The molecule has 0 spiro atoms. The lowest BCUT2D eigenvalue weighted by atomic mass is 10.2. The summed E-state index contributed by atoms with van der Waals surface area (Å²) in [6.07, 6.45) is 2.02. The maximum Gasteiger partial charge on any atom is 0.437 e. The van der Waals surface area contributed by atoms with E-state index in [0.29, 0.717) is 23.5 Å². The SMILES string of the molecule is CCc1oc(C(=O)OC)cc1Cn1nc(-c2ccco2)oc1=O. The third-order valence-corrected chi connectivity index (χ3v) is 3.26. The van der Waals surface area contributed by atoms with Gasteiger partial charge in [-0.25, -0.2) is 9.59 Å². The second kappa shape index (κ2) is 5.99. The highest BCUT2D eigenvalue weighted by atomic mass is 16.5. The van der Waals surface area contributed by atoms with Gasteiger partial charge in [0.2, 0.25) is 5.76 Å². The van der Waals surface area contributed by atoms with Gasteiger partial charge in [-0.2, -0.15) is 4.68 Å². The van der Waals surface area contributed by atoms with Crippen LogP contribution in [0, 0.1) is 0 Å². The summed E-state index contributed by atoms with van der Waals surface area (Å²) in [5.74, 6) is -0.0789. The van der Waals surface area contributed by atoms with E-state index in [1.165, 1.54) is 13.4 Å². The lowest BCUT2D eigenvalue weighted by Crippen LogP contribution is -2.16. The number of hydrogen-bond acceptors (Lipinski definition) is 7. The van der Waals surface area contributed by atoms with Gasteiger partial charge in [0.25, 0.3) is 5.89 Å². The van der Waals surface area contributed by atoms with Crippen LogP contribution in [0.5, 0.6) is 0 Å². The van der Waals surface area contributed by atoms with Gasteiger partial charge in [-0.1, -0.05) is 6.92 Å². The fourth-order valence-corrected chi connectivity index (χ4v) is 2.17. The van der Waals surface area contributed by atoms with Crippen molar-refractivity contribution in [3.8, 4) is 11.7 Å². The minimum atomic E-state index is -0.626. The highest BCUT2D eigenvalue weighted by molar-refractivity contribution is 5.86. The van der Waals surface area contributed by atoms with Crippen LogP contribution in [0.2, 0.25) is 0 Å². The standard InChI is InChI=1S/C15H14N2O6/c1-3-10-9(7-12(22-10)14(18)20-2)8-17-15(19)23-13(16-17)11-5-4-6-21-11/h4-7H,3,8H2,1-2H3. The van der Waals surface area contributed by atoms with Gasteiger partial charge in [-0.15, -0.1) is 5.10 Å². The molecule has 0 bridgehead atoms. The topological polar surface area (TPSA) is 101 Å². The minimum Gasteiger partial charge on any atom is -0.463 e. The second-order valence-electron chi connectivity index (χ2n) is 4.71. The molecule has 0 fully saturated rings. The van der Waals surface area contributed by atoms with E-state index in [9.17, 15) is 9.59 Å². The maximum atomic E-state index is 11.9. The molecule has 0 amide bonds. The largest absolute Gasteiger partial charge is 0.463 e. The number of carbonyl (C=O) groups is 1. The van der Waals surface area contributed by atoms with Crippen LogP contribution in [-0.4, -0.2) is 22.9 Å². The fraction of sp³-hybridized carbons (Fsp3) is 0.267. The summed E-state index contributed by atoms with van der Waals surface area (Å²) >= 11 is 0. The van der Waals surface area contributed by atoms with E-state index in [2.05, 4.69) is 9.84 Å². The molecule has 0 aromatic carbocycles. The summed E-state index contributed by atoms with van der Waals surface area (Å²) in [5, 5.41) is 4.08. The van der Waals surface area contributed by atoms with Gasteiger partial charge < -0.3 is 18.0 Å². The Kier molecular flexibility index (Phi) is 3.88. The van der Waals surface area contributed by atoms with Crippen LogP contribution in [0.3, 0.4) is 0 Å². The van der Waals surface area contributed by atoms with Crippen LogP contribution in [0.1, 0.15) is 28.8 Å². The second-order valence-corrected chi connectivity index (χ2v) is 4.71. The van der Waals surface area contributed by atoms with Gasteiger partial charge in [-0.3, -0.25) is 0 Å². The molecule has 8 heteroatoms. The number of furan rings is 2. The first-order chi connectivity index (χ1) is 11.1. The average Bonchev–Trinajstić information content (AvgIpc) is 3.27. The number of ether oxygens (including phenoxy) is 1. The smallest absolute Gasteiger partial charge is 0.437 e. The Balaban J connectivity index is 1.92. The molecule has 0 N–H and O–H groups in total. The summed E-state index contributed by atoms with van der Waals surface area (Å²) in [6.45, 7) is 2.00. The first kappa shape index (κ1) is 14.9. The molecule has 0 aliphatic carbocycles. The molecule has 0 atom stereocenters. The number of methoxy groups -OCH3 is 1. The van der Waals surface area contributed by atoms with E-state index in [0.717, 1.165) is 4.68 Å². The highest BCUT2D eigenvalue weighted by Gasteiger charge is 2.19. The van der Waals surface area contributed by atoms with Crippen molar-refractivity contribution in [1.82, 2.24) is 9.78 Å². The fourth-order valence-electron chi connectivity index (χ4n) is 2.17. The number of aromatic nitrogens is 2. The van der Waals surface area contributed by atoms with Gasteiger partial charge in [0.15, 0.2) is 5.76 Å². The van der Waals surface area contributed by atoms with Gasteiger partial charge in [0.1, 0.15) is 5.76 Å². The van der Waals surface area contributed by atoms with E-state index < -0.39 is 11.7 Å². The number of rotatable bonds is 5. The number of nitrogens with zero attached hydrogens (tertiary/aromatic N) is 2. The third-order valence-electron chi connectivity index (χ3n) is 3.26. The van der Waals surface area contributed by atoms with Crippen molar-refractivity contribution in [2.75, 3.05) is 7.11 Å². The normalized spacial score (nSPS) is 10.9. The van der Waals surface area contributed by atoms with Gasteiger partial charge in [0.05, 0.1) is 19.9 Å². The predicted molar refractivity (Wildman–Crippen MR) is 77.0 cm³/mol. The van der Waals surface area contributed by atoms with Crippen LogP contribution < -0.4 is 5.76 Å². The van der Waals surface area contributed by atoms with E-state index in [1.807, 2.05) is 6.92 Å². The summed E-state index contributed by atoms with van der Waals surface area (Å²) in [4.78, 5) is 23.4. The van der Waals surface area contributed by atoms with Crippen molar-refractivity contribution in [1.29, 1.82) is 0 Å². The molecule has 3 aromatic heterocycles. The molecule has 0 saturated carbocycles. The summed E-state index contributed by atoms with van der Waals surface area (Å²) in [6, 6.07) is 4.85. The van der Waals surface area contributed by atoms with E-state index in [1.54, 1.807) is 18.2 Å². The molecule has 0 radical (unpaired) electrons. The van der Waals surface area contributed by atoms with Crippen LogP contribution in [0.15, 0.2) is 42.5 Å². The van der Waals surface area contributed by atoms with Gasteiger partial charge in [-0.05, 0) is 18.2 Å². The lowest BCUT2D eigenvalue weighted by molar-refractivity contribution is 0.0563. The summed E-state index contributed by atoms with van der Waals surface area (Å²) in [5.41, 5.74) is 0.661. The molecule has 0 saturated heterocycles. The number of hydrogen-bond donors (Lipinski definition) is 0. The van der Waals surface area contributed by atoms with Crippen molar-refractivity contribution in [2.24, 2.45) is 0 Å². The Morgan fingerprint density at radius 1 is 1.39 bits per heavy atom. The minimum absolute atomic E-state index is 0.0853. The Morgan fingerprint density at radius 2 is 2.22 bits per heavy atom. The number of esters is 1. The molecule has 3 aromatic rings. The molecule has 3 rings (SSSR count). The lowest BCUT2D eigenvalue weighted by Gasteiger charge is -1.97. The maximum absolute atomic E-state index is 11.9. The van der Waals surface area contributed by atoms with Crippen molar-refractivity contribution >= 4 is 5.97 Å². The number of carbonyl (C=O) groups excluding carboxylic acids is 1. The molecule has 0 aliphatic heterocycles. The van der Waals surface area contributed by atoms with E-state index >= 15 is 0 Å². The van der Waals surface area contributed by atoms with E-state index in [-0.39, 0.29) is 18.2 Å². The van der Waals surface area contributed by atoms with Crippen molar-refractivity contribution in [3.05, 3.63) is 52.1 Å². The van der Waals surface area contributed by atoms with Crippen molar-refractivity contribution < 1.29 is 22.8 Å². The molecule has 120 valence electrons. The molecular weight excluding hydrogens is 304 g/mol. The van der Waals surface area contributed by atoms with Crippen LogP contribution in [-0.2, 0) is 17.7 Å². The van der Waals surface area contributed by atoms with Crippen molar-refractivity contribution in [3.63, 3.8) is 0 Å². The Labute approximate surface area is 130 Å². The quantitative estimate of drug-likeness (QED) is 0.664. The van der Waals surface area contributed by atoms with Crippen LogP contribution in [0.25, 0.3) is 11.7 Å². The molecule has 23 heavy (non-hydrogen) atoms. The zero-order chi connectivity index (χ0) is 16.4. The predicted octanol–water partition coefficient (Wildman–Crippen LogP) is 2.09. The Hall–Kier alpha value is -3.03.